The van der Waals surface area contributed by atoms with E-state index in [2.05, 4.69) is 71.1 Å². The second-order valence-electron chi connectivity index (χ2n) is 6.83. The van der Waals surface area contributed by atoms with E-state index in [0.29, 0.717) is 5.41 Å². The van der Waals surface area contributed by atoms with Gasteiger partial charge in [0.05, 0.1) is 12.1 Å². The first-order valence-electron chi connectivity index (χ1n) is 7.75. The van der Waals surface area contributed by atoms with Crippen molar-refractivity contribution in [2.75, 3.05) is 13.2 Å². The minimum Gasteiger partial charge on any atom is -0.377 e. The zero-order valence-corrected chi connectivity index (χ0v) is 14.0. The van der Waals surface area contributed by atoms with Crippen LogP contribution in [0.15, 0.2) is 24.3 Å². The van der Waals surface area contributed by atoms with E-state index >= 15 is 0 Å². The summed E-state index contributed by atoms with van der Waals surface area (Å²) in [4.78, 5) is 0. The third-order valence-corrected chi connectivity index (χ3v) is 3.56. The molecule has 0 radical (unpaired) electrons. The fraction of sp³-hybridized carbons (Fsp3) is 0.667. The lowest BCUT2D eigenvalue weighted by Gasteiger charge is -2.27. The van der Waals surface area contributed by atoms with Gasteiger partial charge >= 0.3 is 0 Å². The van der Waals surface area contributed by atoms with Crippen molar-refractivity contribution < 1.29 is 4.74 Å². The molecule has 2 unspecified atom stereocenters. The Hall–Kier alpha value is -0.860. The Morgan fingerprint density at radius 2 is 1.75 bits per heavy atom. The van der Waals surface area contributed by atoms with Gasteiger partial charge in [0, 0.05) is 6.61 Å². The maximum absolute atomic E-state index is 6.05. The molecule has 1 aromatic rings. The van der Waals surface area contributed by atoms with E-state index in [1.54, 1.807) is 0 Å². The van der Waals surface area contributed by atoms with Crippen LogP contribution in [0.25, 0.3) is 0 Å². The second kappa shape index (κ2) is 7.80. The highest BCUT2D eigenvalue weighted by atomic mass is 16.5. The van der Waals surface area contributed by atoms with Gasteiger partial charge in [-0.1, -0.05) is 57.5 Å². The number of hydrogen-bond donors (Lipinski definition) is 1. The molecule has 0 saturated heterocycles. The van der Waals surface area contributed by atoms with Crippen LogP contribution in [0, 0.1) is 12.3 Å². The highest BCUT2D eigenvalue weighted by Gasteiger charge is 2.19. The molecule has 0 saturated carbocycles. The molecule has 0 aliphatic rings. The number of rotatable bonds is 7. The van der Waals surface area contributed by atoms with Crippen LogP contribution in [0.4, 0.5) is 0 Å². The highest BCUT2D eigenvalue weighted by molar-refractivity contribution is 5.24. The Morgan fingerprint density at radius 3 is 2.25 bits per heavy atom. The number of benzene rings is 1. The molecule has 2 heteroatoms. The smallest absolute Gasteiger partial charge is 0.0741 e. The predicted molar refractivity (Wildman–Crippen MR) is 87.1 cm³/mol. The van der Waals surface area contributed by atoms with Crippen LogP contribution in [-0.2, 0) is 4.74 Å². The van der Waals surface area contributed by atoms with Crippen molar-refractivity contribution in [3.05, 3.63) is 35.4 Å². The number of nitrogens with one attached hydrogen (secondary N) is 1. The molecule has 0 spiro atoms. The summed E-state index contributed by atoms with van der Waals surface area (Å²) in [7, 11) is 0. The molecule has 1 rings (SSSR count). The van der Waals surface area contributed by atoms with Gasteiger partial charge in [-0.05, 0) is 37.8 Å². The first-order chi connectivity index (χ1) is 9.33. The van der Waals surface area contributed by atoms with Gasteiger partial charge in [0.2, 0.25) is 0 Å². The lowest BCUT2D eigenvalue weighted by atomic mass is 9.93. The lowest BCUT2D eigenvalue weighted by Crippen LogP contribution is -2.32. The average Bonchev–Trinajstić information content (AvgIpc) is 2.35. The molecule has 2 atom stereocenters. The molecule has 0 heterocycles. The summed E-state index contributed by atoms with van der Waals surface area (Å²) in [5, 5.41) is 3.54. The summed E-state index contributed by atoms with van der Waals surface area (Å²) in [6, 6.07) is 9.00. The second-order valence-corrected chi connectivity index (χ2v) is 6.83. The minimum absolute atomic E-state index is 0.181. The summed E-state index contributed by atoms with van der Waals surface area (Å²) in [6.45, 7) is 15.0. The van der Waals surface area contributed by atoms with E-state index in [-0.39, 0.29) is 12.1 Å². The van der Waals surface area contributed by atoms with Gasteiger partial charge in [0.15, 0.2) is 0 Å². The minimum atomic E-state index is 0.181. The zero-order chi connectivity index (χ0) is 15.2. The van der Waals surface area contributed by atoms with Crippen LogP contribution >= 0.6 is 0 Å². The molecule has 0 amide bonds. The van der Waals surface area contributed by atoms with Crippen LogP contribution in [-0.4, -0.2) is 19.3 Å². The van der Waals surface area contributed by atoms with Gasteiger partial charge in [0.25, 0.3) is 0 Å². The third kappa shape index (κ3) is 6.06. The molecule has 0 bridgehead atoms. The molecule has 0 aromatic heterocycles. The molecule has 0 aliphatic heterocycles. The van der Waals surface area contributed by atoms with E-state index in [4.69, 9.17) is 4.74 Å². The van der Waals surface area contributed by atoms with Crippen LogP contribution in [0.5, 0.6) is 0 Å². The van der Waals surface area contributed by atoms with Gasteiger partial charge in [-0.3, -0.25) is 0 Å². The van der Waals surface area contributed by atoms with Crippen molar-refractivity contribution in [2.24, 2.45) is 5.41 Å². The first kappa shape index (κ1) is 17.2. The molecule has 1 N–H and O–H groups in total. The summed E-state index contributed by atoms with van der Waals surface area (Å²) in [5.41, 5.74) is 2.93. The molecule has 2 nitrogen and oxygen atoms in total. The Morgan fingerprint density at radius 1 is 1.15 bits per heavy atom. The average molecular weight is 277 g/mol. The normalized spacial score (nSPS) is 15.1. The van der Waals surface area contributed by atoms with E-state index in [1.807, 2.05) is 0 Å². The van der Waals surface area contributed by atoms with Crippen molar-refractivity contribution in [3.8, 4) is 0 Å². The van der Waals surface area contributed by atoms with Crippen molar-refractivity contribution in [2.45, 2.75) is 60.1 Å². The molecule has 114 valence electrons. The molecule has 20 heavy (non-hydrogen) atoms. The monoisotopic (exact) mass is 277 g/mol. The summed E-state index contributed by atoms with van der Waals surface area (Å²) < 4.78 is 6.05. The van der Waals surface area contributed by atoms with Crippen LogP contribution in [0.3, 0.4) is 0 Å². The van der Waals surface area contributed by atoms with E-state index < -0.39 is 0 Å². The Bertz CT molecular complexity index is 377. The first-order valence-corrected chi connectivity index (χ1v) is 7.75. The predicted octanol–water partition coefficient (Wildman–Crippen LogP) is 4.49. The highest BCUT2D eigenvalue weighted by Crippen LogP contribution is 2.22. The van der Waals surface area contributed by atoms with Crippen LogP contribution in [0.2, 0.25) is 0 Å². The summed E-state index contributed by atoms with van der Waals surface area (Å²) in [5.74, 6) is 0. The number of aryl methyl sites for hydroxylation is 1. The van der Waals surface area contributed by atoms with E-state index in [9.17, 15) is 0 Å². The lowest BCUT2D eigenvalue weighted by molar-refractivity contribution is 0.0252. The van der Waals surface area contributed by atoms with Crippen molar-refractivity contribution in [1.29, 1.82) is 0 Å². The molecule has 0 aliphatic carbocycles. The summed E-state index contributed by atoms with van der Waals surface area (Å²) >= 11 is 0. The van der Waals surface area contributed by atoms with E-state index in [1.165, 1.54) is 11.1 Å². The van der Waals surface area contributed by atoms with Gasteiger partial charge in [0.1, 0.15) is 0 Å². The molecular weight excluding hydrogens is 246 g/mol. The Balaban J connectivity index is 2.63. The van der Waals surface area contributed by atoms with Crippen LogP contribution in [0.1, 0.15) is 58.2 Å². The van der Waals surface area contributed by atoms with Crippen molar-refractivity contribution >= 4 is 0 Å². The maximum atomic E-state index is 6.05. The molecule has 0 fully saturated rings. The molecular formula is C18H31NO. The topological polar surface area (TPSA) is 21.3 Å². The maximum Gasteiger partial charge on any atom is 0.0741 e. The standard InChI is InChI=1S/C18H31NO/c1-7-19-17(16-10-8-14(2)9-11-16)15(3)20-13-12-18(4,5)6/h8-11,15,17,19H,7,12-13H2,1-6H3. The van der Waals surface area contributed by atoms with Gasteiger partial charge < -0.3 is 10.1 Å². The Labute approximate surface area is 124 Å². The van der Waals surface area contributed by atoms with Gasteiger partial charge in [-0.25, -0.2) is 0 Å². The Kier molecular flexibility index (Phi) is 6.70. The molecule has 1 aromatic carbocycles. The quantitative estimate of drug-likeness (QED) is 0.793. The summed E-state index contributed by atoms with van der Waals surface area (Å²) in [6.07, 6.45) is 1.27. The zero-order valence-electron chi connectivity index (χ0n) is 14.0. The number of ether oxygens (including phenoxy) is 1. The number of hydrogen-bond acceptors (Lipinski definition) is 2. The van der Waals surface area contributed by atoms with Gasteiger partial charge in [-0.15, -0.1) is 0 Å². The fourth-order valence-electron chi connectivity index (χ4n) is 2.20. The van der Waals surface area contributed by atoms with Crippen LogP contribution < -0.4 is 5.32 Å². The largest absolute Gasteiger partial charge is 0.377 e. The van der Waals surface area contributed by atoms with Crippen molar-refractivity contribution in [3.63, 3.8) is 0 Å². The van der Waals surface area contributed by atoms with Crippen molar-refractivity contribution in [1.82, 2.24) is 5.32 Å². The van der Waals surface area contributed by atoms with E-state index in [0.717, 1.165) is 19.6 Å². The third-order valence-electron chi connectivity index (χ3n) is 3.56. The van der Waals surface area contributed by atoms with Gasteiger partial charge in [-0.2, -0.15) is 0 Å². The number of likely N-dealkylation sites (N-methyl/N-ethyl adjacent to an activating group) is 1. The fourth-order valence-corrected chi connectivity index (χ4v) is 2.20. The SMILES string of the molecule is CCNC(c1ccc(C)cc1)C(C)OCCC(C)(C)C.